The van der Waals surface area contributed by atoms with Crippen LogP contribution < -0.4 is 5.32 Å². The first kappa shape index (κ1) is 14.6. The zero-order valence-electron chi connectivity index (χ0n) is 12.5. The second kappa shape index (κ2) is 5.70. The molecule has 0 radical (unpaired) electrons. The van der Waals surface area contributed by atoms with Crippen LogP contribution in [0.2, 0.25) is 5.02 Å². The maximum Gasteiger partial charge on any atom is 0.0849 e. The first-order chi connectivity index (χ1) is 8.94. The van der Waals surface area contributed by atoms with Crippen LogP contribution in [0.1, 0.15) is 52.1 Å². The number of aryl methyl sites for hydroxylation is 1. The minimum Gasteiger partial charge on any atom is -0.381 e. The molecule has 1 heterocycles. The lowest BCUT2D eigenvalue weighted by Crippen LogP contribution is -2.23. The molecule has 1 aromatic heterocycles. The molecule has 0 saturated heterocycles. The smallest absolute Gasteiger partial charge is 0.0849 e. The molecular weight excluding hydrogens is 256 g/mol. The molecular formula is C16H25ClN2. The van der Waals surface area contributed by atoms with Gasteiger partial charge in [-0.2, -0.15) is 0 Å². The highest BCUT2D eigenvalue weighted by molar-refractivity contribution is 6.33. The Balaban J connectivity index is 2.01. The fourth-order valence-corrected chi connectivity index (χ4v) is 3.16. The summed E-state index contributed by atoms with van der Waals surface area (Å²) in [5.41, 5.74) is 2.39. The molecule has 2 rings (SSSR count). The topological polar surface area (TPSA) is 24.9 Å². The molecule has 0 spiro atoms. The van der Waals surface area contributed by atoms with Crippen LogP contribution in [0.15, 0.2) is 12.3 Å². The minimum atomic E-state index is 0.453. The maximum absolute atomic E-state index is 6.30. The summed E-state index contributed by atoms with van der Waals surface area (Å²) in [6, 6.07) is 2.53. The standard InChI is InChI=1S/C16H25ClN2/c1-5-16(3,4)12-6-7-13(10-12)19-14-8-9-18-11(2)15(14)17/h8-9,12-13H,5-7,10H2,1-4H3,(H,18,19)/t12-,13+/m0/s1. The SMILES string of the molecule is CCC(C)(C)[C@H]1CC[C@@H](Nc2ccnc(C)c2Cl)C1. The first-order valence-corrected chi connectivity index (χ1v) is 7.69. The largest absolute Gasteiger partial charge is 0.381 e. The third-order valence-electron chi connectivity index (χ3n) is 4.87. The number of hydrogen-bond acceptors (Lipinski definition) is 2. The summed E-state index contributed by atoms with van der Waals surface area (Å²) >= 11 is 6.30. The van der Waals surface area contributed by atoms with Crippen LogP contribution in [0.3, 0.4) is 0 Å². The van der Waals surface area contributed by atoms with Gasteiger partial charge >= 0.3 is 0 Å². The molecule has 3 heteroatoms. The molecule has 0 bridgehead atoms. The predicted octanol–water partition coefficient (Wildman–Crippen LogP) is 5.06. The third-order valence-corrected chi connectivity index (χ3v) is 5.35. The van der Waals surface area contributed by atoms with Gasteiger partial charge in [-0.3, -0.25) is 4.98 Å². The molecule has 1 N–H and O–H groups in total. The van der Waals surface area contributed by atoms with E-state index >= 15 is 0 Å². The van der Waals surface area contributed by atoms with Crippen LogP contribution in [0, 0.1) is 18.3 Å². The van der Waals surface area contributed by atoms with Gasteiger partial charge in [0.1, 0.15) is 0 Å². The number of nitrogens with zero attached hydrogens (tertiary/aromatic N) is 1. The van der Waals surface area contributed by atoms with Crippen molar-refractivity contribution >= 4 is 17.3 Å². The Morgan fingerprint density at radius 3 is 2.84 bits per heavy atom. The molecule has 0 unspecified atom stereocenters. The Kier molecular flexibility index (Phi) is 4.39. The van der Waals surface area contributed by atoms with Crippen LogP contribution >= 0.6 is 11.6 Å². The average molecular weight is 281 g/mol. The number of aromatic nitrogens is 1. The lowest BCUT2D eigenvalue weighted by atomic mass is 9.76. The number of rotatable bonds is 4. The van der Waals surface area contributed by atoms with E-state index in [1.165, 1.54) is 25.7 Å². The Bertz CT molecular complexity index is 442. The van der Waals surface area contributed by atoms with Crippen molar-refractivity contribution in [2.24, 2.45) is 11.3 Å². The highest BCUT2D eigenvalue weighted by Crippen LogP contribution is 2.42. The molecule has 1 aliphatic rings. The summed E-state index contributed by atoms with van der Waals surface area (Å²) in [5.74, 6) is 0.816. The molecule has 2 atom stereocenters. The van der Waals surface area contributed by atoms with E-state index in [4.69, 9.17) is 11.6 Å². The van der Waals surface area contributed by atoms with E-state index in [2.05, 4.69) is 31.1 Å². The van der Waals surface area contributed by atoms with E-state index in [-0.39, 0.29) is 0 Å². The van der Waals surface area contributed by atoms with Crippen molar-refractivity contribution in [3.63, 3.8) is 0 Å². The van der Waals surface area contributed by atoms with Crippen molar-refractivity contribution in [3.05, 3.63) is 23.0 Å². The Morgan fingerprint density at radius 2 is 2.16 bits per heavy atom. The van der Waals surface area contributed by atoms with Gasteiger partial charge in [0, 0.05) is 12.2 Å². The van der Waals surface area contributed by atoms with Crippen molar-refractivity contribution in [3.8, 4) is 0 Å². The van der Waals surface area contributed by atoms with Crippen molar-refractivity contribution in [1.29, 1.82) is 0 Å². The Morgan fingerprint density at radius 1 is 1.42 bits per heavy atom. The molecule has 2 nitrogen and oxygen atoms in total. The summed E-state index contributed by atoms with van der Waals surface area (Å²) in [4.78, 5) is 4.21. The van der Waals surface area contributed by atoms with Crippen LogP contribution in [0.4, 0.5) is 5.69 Å². The van der Waals surface area contributed by atoms with Gasteiger partial charge in [-0.05, 0) is 43.6 Å². The van der Waals surface area contributed by atoms with Crippen molar-refractivity contribution in [1.82, 2.24) is 4.98 Å². The fraction of sp³-hybridized carbons (Fsp3) is 0.688. The van der Waals surface area contributed by atoms with E-state index in [9.17, 15) is 0 Å². The normalized spacial score (nSPS) is 23.6. The summed E-state index contributed by atoms with van der Waals surface area (Å²) in [5, 5.41) is 4.37. The second-order valence-corrected chi connectivity index (χ2v) is 6.83. The zero-order valence-corrected chi connectivity index (χ0v) is 13.2. The van der Waals surface area contributed by atoms with Gasteiger partial charge < -0.3 is 5.32 Å². The van der Waals surface area contributed by atoms with E-state index in [1.54, 1.807) is 0 Å². The van der Waals surface area contributed by atoms with Crippen LogP contribution in [-0.4, -0.2) is 11.0 Å². The van der Waals surface area contributed by atoms with E-state index in [1.807, 2.05) is 19.2 Å². The summed E-state index contributed by atoms with van der Waals surface area (Å²) in [6.07, 6.45) is 6.88. The van der Waals surface area contributed by atoms with Gasteiger partial charge in [-0.25, -0.2) is 0 Å². The van der Waals surface area contributed by atoms with Gasteiger partial charge in [0.05, 0.1) is 16.4 Å². The molecule has 0 amide bonds. The average Bonchev–Trinajstić information content (AvgIpc) is 2.84. The molecule has 1 fully saturated rings. The summed E-state index contributed by atoms with van der Waals surface area (Å²) in [7, 11) is 0. The number of pyridine rings is 1. The summed E-state index contributed by atoms with van der Waals surface area (Å²) in [6.45, 7) is 9.03. The number of halogens is 1. The molecule has 1 aromatic rings. The maximum atomic E-state index is 6.30. The quantitative estimate of drug-likeness (QED) is 0.834. The van der Waals surface area contributed by atoms with Gasteiger partial charge in [-0.15, -0.1) is 0 Å². The minimum absolute atomic E-state index is 0.453. The molecule has 0 aliphatic heterocycles. The number of anilines is 1. The number of hydrogen-bond donors (Lipinski definition) is 1. The molecule has 19 heavy (non-hydrogen) atoms. The fourth-order valence-electron chi connectivity index (χ4n) is 2.99. The van der Waals surface area contributed by atoms with Crippen LogP contribution in [0.25, 0.3) is 0 Å². The Labute approximate surface area is 122 Å². The zero-order chi connectivity index (χ0) is 14.0. The Hall–Kier alpha value is -0.760. The van der Waals surface area contributed by atoms with E-state index in [0.717, 1.165) is 22.3 Å². The van der Waals surface area contributed by atoms with Crippen molar-refractivity contribution < 1.29 is 0 Å². The highest BCUT2D eigenvalue weighted by Gasteiger charge is 2.34. The highest BCUT2D eigenvalue weighted by atomic mass is 35.5. The van der Waals surface area contributed by atoms with Crippen molar-refractivity contribution in [2.45, 2.75) is 59.4 Å². The van der Waals surface area contributed by atoms with Gasteiger partial charge in [0.2, 0.25) is 0 Å². The molecule has 106 valence electrons. The monoisotopic (exact) mass is 280 g/mol. The van der Waals surface area contributed by atoms with Gasteiger partial charge in [-0.1, -0.05) is 38.8 Å². The molecule has 0 aromatic carbocycles. The predicted molar refractivity (Wildman–Crippen MR) is 82.8 cm³/mol. The van der Waals surface area contributed by atoms with Gasteiger partial charge in [0.25, 0.3) is 0 Å². The number of nitrogens with one attached hydrogen (secondary N) is 1. The van der Waals surface area contributed by atoms with E-state index < -0.39 is 0 Å². The molecule has 1 saturated carbocycles. The second-order valence-electron chi connectivity index (χ2n) is 6.45. The summed E-state index contributed by atoms with van der Waals surface area (Å²) < 4.78 is 0. The first-order valence-electron chi connectivity index (χ1n) is 7.31. The third kappa shape index (κ3) is 3.22. The van der Waals surface area contributed by atoms with Crippen molar-refractivity contribution in [2.75, 3.05) is 5.32 Å². The lowest BCUT2D eigenvalue weighted by molar-refractivity contribution is 0.207. The van der Waals surface area contributed by atoms with Crippen LogP contribution in [0.5, 0.6) is 0 Å². The lowest BCUT2D eigenvalue weighted by Gasteiger charge is -2.30. The van der Waals surface area contributed by atoms with Gasteiger partial charge in [0.15, 0.2) is 0 Å². The molecule has 1 aliphatic carbocycles. The van der Waals surface area contributed by atoms with Crippen LogP contribution in [-0.2, 0) is 0 Å². The van der Waals surface area contributed by atoms with E-state index in [0.29, 0.717) is 11.5 Å².